The Balaban J connectivity index is 1.90. The van der Waals surface area contributed by atoms with Crippen LogP contribution in [-0.4, -0.2) is 16.7 Å². The van der Waals surface area contributed by atoms with Crippen molar-refractivity contribution < 1.29 is 8.91 Å². The number of aryl methyl sites for hydroxylation is 1. The van der Waals surface area contributed by atoms with E-state index in [2.05, 4.69) is 10.1 Å². The van der Waals surface area contributed by atoms with Crippen molar-refractivity contribution in [3.05, 3.63) is 70.6 Å². The minimum atomic E-state index is -0.429. The lowest BCUT2D eigenvalue weighted by Gasteiger charge is -2.11. The second-order valence-electron chi connectivity index (χ2n) is 5.22. The van der Waals surface area contributed by atoms with E-state index < -0.39 is 5.82 Å². The van der Waals surface area contributed by atoms with Crippen molar-refractivity contribution in [2.45, 2.75) is 12.8 Å². The van der Waals surface area contributed by atoms with Gasteiger partial charge in [0.2, 0.25) is 5.89 Å². The van der Waals surface area contributed by atoms with Gasteiger partial charge in [-0.1, -0.05) is 47.1 Å². The van der Waals surface area contributed by atoms with Crippen LogP contribution in [0.5, 0.6) is 0 Å². The number of aromatic nitrogens is 2. The number of rotatable bonds is 4. The summed E-state index contributed by atoms with van der Waals surface area (Å²) in [5, 5.41) is 3.91. The average Bonchev–Trinajstić information content (AvgIpc) is 2.98. The van der Waals surface area contributed by atoms with Crippen LogP contribution in [0.3, 0.4) is 0 Å². The fourth-order valence-corrected chi connectivity index (χ4v) is 2.60. The smallest absolute Gasteiger partial charge is 0.235 e. The molecule has 1 atom stereocenters. The molecule has 0 spiro atoms. The van der Waals surface area contributed by atoms with Crippen molar-refractivity contribution in [3.8, 4) is 11.1 Å². The maximum Gasteiger partial charge on any atom is 0.235 e. The first kappa shape index (κ1) is 15.6. The first-order valence-electron chi connectivity index (χ1n) is 7.14. The summed E-state index contributed by atoms with van der Waals surface area (Å²) in [5.74, 6) is 0.502. The lowest BCUT2D eigenvalue weighted by atomic mass is 9.96. The Labute approximate surface area is 138 Å². The van der Waals surface area contributed by atoms with Gasteiger partial charge in [0.05, 0.1) is 10.9 Å². The Kier molecular flexibility index (Phi) is 4.41. The lowest BCUT2D eigenvalue weighted by molar-refractivity contribution is 0.363. The van der Waals surface area contributed by atoms with Crippen LogP contribution < -0.4 is 5.73 Å². The van der Waals surface area contributed by atoms with E-state index >= 15 is 0 Å². The molecule has 3 aromatic rings. The summed E-state index contributed by atoms with van der Waals surface area (Å²) in [6, 6.07) is 12.4. The molecule has 2 N–H and O–H groups in total. The number of hydrogen-bond donors (Lipinski definition) is 1. The van der Waals surface area contributed by atoms with Gasteiger partial charge in [-0.25, -0.2) is 4.39 Å². The average molecular weight is 332 g/mol. The van der Waals surface area contributed by atoms with Crippen LogP contribution >= 0.6 is 11.6 Å². The zero-order valence-electron chi connectivity index (χ0n) is 12.5. The van der Waals surface area contributed by atoms with E-state index in [4.69, 9.17) is 21.9 Å². The SMILES string of the molecule is Cc1noc(C(CN)c2ccc(-c3ccc(F)c(Cl)c3)cc2)n1. The second kappa shape index (κ2) is 6.48. The summed E-state index contributed by atoms with van der Waals surface area (Å²) in [6.45, 7) is 2.13. The van der Waals surface area contributed by atoms with Crippen molar-refractivity contribution in [1.29, 1.82) is 0 Å². The monoisotopic (exact) mass is 331 g/mol. The molecule has 0 aliphatic carbocycles. The van der Waals surface area contributed by atoms with E-state index in [1.54, 1.807) is 19.1 Å². The number of hydrogen-bond acceptors (Lipinski definition) is 4. The van der Waals surface area contributed by atoms with Gasteiger partial charge in [0.1, 0.15) is 5.82 Å². The molecule has 0 aliphatic rings. The molecule has 118 valence electrons. The number of halogens is 2. The normalized spacial score (nSPS) is 12.3. The third-order valence-electron chi connectivity index (χ3n) is 3.64. The highest BCUT2D eigenvalue weighted by Gasteiger charge is 2.19. The van der Waals surface area contributed by atoms with Crippen LogP contribution in [0.15, 0.2) is 47.0 Å². The first-order valence-corrected chi connectivity index (χ1v) is 7.52. The number of nitrogens with two attached hydrogens (primary N) is 1. The first-order chi connectivity index (χ1) is 11.1. The van der Waals surface area contributed by atoms with Crippen LogP contribution in [-0.2, 0) is 0 Å². The van der Waals surface area contributed by atoms with Gasteiger partial charge in [0.25, 0.3) is 0 Å². The van der Waals surface area contributed by atoms with E-state index in [1.807, 2.05) is 24.3 Å². The van der Waals surface area contributed by atoms with Crippen molar-refractivity contribution in [2.75, 3.05) is 6.54 Å². The molecule has 1 heterocycles. The topological polar surface area (TPSA) is 64.9 Å². The highest BCUT2D eigenvalue weighted by Crippen LogP contribution is 2.28. The predicted molar refractivity (Wildman–Crippen MR) is 86.8 cm³/mol. The molecular formula is C17H15ClFN3O. The van der Waals surface area contributed by atoms with Crippen molar-refractivity contribution in [2.24, 2.45) is 5.73 Å². The molecule has 6 heteroatoms. The molecule has 1 unspecified atom stereocenters. The van der Waals surface area contributed by atoms with E-state index in [1.165, 1.54) is 6.07 Å². The molecule has 23 heavy (non-hydrogen) atoms. The molecule has 0 saturated carbocycles. The largest absolute Gasteiger partial charge is 0.339 e. The molecule has 0 radical (unpaired) electrons. The lowest BCUT2D eigenvalue weighted by Crippen LogP contribution is -2.14. The van der Waals surface area contributed by atoms with E-state index in [-0.39, 0.29) is 10.9 Å². The molecule has 4 nitrogen and oxygen atoms in total. The summed E-state index contributed by atoms with van der Waals surface area (Å²) in [5.41, 5.74) is 8.61. The van der Waals surface area contributed by atoms with Gasteiger partial charge < -0.3 is 10.3 Å². The van der Waals surface area contributed by atoms with Crippen molar-refractivity contribution >= 4 is 11.6 Å². The van der Waals surface area contributed by atoms with Gasteiger partial charge in [-0.15, -0.1) is 0 Å². The molecule has 0 amide bonds. The van der Waals surface area contributed by atoms with Gasteiger partial charge >= 0.3 is 0 Å². The van der Waals surface area contributed by atoms with Gasteiger partial charge in [-0.3, -0.25) is 0 Å². The zero-order valence-corrected chi connectivity index (χ0v) is 13.2. The number of nitrogens with zero attached hydrogens (tertiary/aromatic N) is 2. The highest BCUT2D eigenvalue weighted by atomic mass is 35.5. The highest BCUT2D eigenvalue weighted by molar-refractivity contribution is 6.31. The van der Waals surface area contributed by atoms with Crippen LogP contribution in [0, 0.1) is 12.7 Å². The van der Waals surface area contributed by atoms with Gasteiger partial charge in [0, 0.05) is 6.54 Å². The molecule has 0 saturated heterocycles. The van der Waals surface area contributed by atoms with Crippen LogP contribution in [0.2, 0.25) is 5.02 Å². The summed E-state index contributed by atoms with van der Waals surface area (Å²) in [7, 11) is 0. The Morgan fingerprint density at radius 3 is 2.43 bits per heavy atom. The summed E-state index contributed by atoms with van der Waals surface area (Å²) in [6.07, 6.45) is 0. The number of benzene rings is 2. The second-order valence-corrected chi connectivity index (χ2v) is 5.63. The third-order valence-corrected chi connectivity index (χ3v) is 3.93. The molecule has 1 aromatic heterocycles. The minimum absolute atomic E-state index is 0.104. The Bertz CT molecular complexity index is 817. The maximum atomic E-state index is 13.3. The molecule has 0 fully saturated rings. The summed E-state index contributed by atoms with van der Waals surface area (Å²) >= 11 is 5.83. The van der Waals surface area contributed by atoms with Crippen LogP contribution in [0.1, 0.15) is 23.2 Å². The van der Waals surface area contributed by atoms with Crippen molar-refractivity contribution in [1.82, 2.24) is 10.1 Å². The van der Waals surface area contributed by atoms with E-state index in [9.17, 15) is 4.39 Å². The molecule has 3 rings (SSSR count). The molecular weight excluding hydrogens is 317 g/mol. The van der Waals surface area contributed by atoms with Crippen LogP contribution in [0.4, 0.5) is 4.39 Å². The van der Waals surface area contributed by atoms with E-state index in [0.717, 1.165) is 16.7 Å². The Morgan fingerprint density at radius 1 is 1.17 bits per heavy atom. The van der Waals surface area contributed by atoms with E-state index in [0.29, 0.717) is 18.3 Å². The van der Waals surface area contributed by atoms with Crippen molar-refractivity contribution in [3.63, 3.8) is 0 Å². The maximum absolute atomic E-state index is 13.3. The standard InChI is InChI=1S/C17H15ClFN3O/c1-10-21-17(23-22-10)14(9-20)12-4-2-11(3-5-12)13-6-7-16(19)15(18)8-13/h2-8,14H,9,20H2,1H3. The fourth-order valence-electron chi connectivity index (χ4n) is 2.42. The van der Waals surface area contributed by atoms with Gasteiger partial charge in [-0.05, 0) is 35.7 Å². The third kappa shape index (κ3) is 3.25. The minimum Gasteiger partial charge on any atom is -0.339 e. The summed E-state index contributed by atoms with van der Waals surface area (Å²) < 4.78 is 18.5. The Morgan fingerprint density at radius 2 is 1.87 bits per heavy atom. The fraction of sp³-hybridized carbons (Fsp3) is 0.176. The molecule has 2 aromatic carbocycles. The molecule has 0 aliphatic heterocycles. The van der Waals surface area contributed by atoms with Gasteiger partial charge in [0.15, 0.2) is 5.82 Å². The Hall–Kier alpha value is -2.24. The predicted octanol–water partition coefficient (Wildman–Crippen LogP) is 3.93. The van der Waals surface area contributed by atoms with Crippen LogP contribution in [0.25, 0.3) is 11.1 Å². The molecule has 0 bridgehead atoms. The van der Waals surface area contributed by atoms with Gasteiger partial charge in [-0.2, -0.15) is 4.98 Å². The zero-order chi connectivity index (χ0) is 16.4. The summed E-state index contributed by atoms with van der Waals surface area (Å²) in [4.78, 5) is 4.24. The quantitative estimate of drug-likeness (QED) is 0.786.